The Kier molecular flexibility index (Phi) is 4.87. The van der Waals surface area contributed by atoms with Crippen LogP contribution in [0.2, 0.25) is 0 Å². The van der Waals surface area contributed by atoms with Crippen LogP contribution in [-0.2, 0) is 10.0 Å². The normalized spacial score (nSPS) is 11.0. The zero-order valence-electron chi connectivity index (χ0n) is 11.2. The first kappa shape index (κ1) is 15.4. The first-order chi connectivity index (χ1) is 10.0. The highest BCUT2D eigenvalue weighted by Gasteiger charge is 2.24. The van der Waals surface area contributed by atoms with Crippen LogP contribution in [0.1, 0.15) is 6.42 Å². The van der Waals surface area contributed by atoms with Crippen molar-refractivity contribution in [3.63, 3.8) is 0 Å². The molecule has 0 atom stereocenters. The summed E-state index contributed by atoms with van der Waals surface area (Å²) in [5.74, 6) is 0. The quantitative estimate of drug-likeness (QED) is 0.823. The summed E-state index contributed by atoms with van der Waals surface area (Å²) >= 11 is 4.85. The fourth-order valence-electron chi connectivity index (χ4n) is 1.82. The summed E-state index contributed by atoms with van der Waals surface area (Å²) in [4.78, 5) is 4.28. The zero-order chi connectivity index (χ0) is 15.3. The van der Waals surface area contributed by atoms with E-state index in [-0.39, 0.29) is 16.4 Å². The summed E-state index contributed by atoms with van der Waals surface area (Å²) in [6.07, 6.45) is 3.16. The predicted molar refractivity (Wildman–Crippen MR) is 86.6 cm³/mol. The summed E-state index contributed by atoms with van der Waals surface area (Å²) in [5, 5.41) is 0. The molecule has 0 bridgehead atoms. The van der Waals surface area contributed by atoms with Gasteiger partial charge in [-0.3, -0.25) is 9.29 Å². The molecule has 0 spiro atoms. The molecule has 1 aromatic heterocycles. The van der Waals surface area contributed by atoms with E-state index in [1.165, 1.54) is 22.8 Å². The molecule has 1 aromatic carbocycles. The van der Waals surface area contributed by atoms with Crippen molar-refractivity contribution in [2.24, 2.45) is 5.73 Å². The van der Waals surface area contributed by atoms with E-state index in [1.807, 2.05) is 6.07 Å². The molecule has 1 heterocycles. The van der Waals surface area contributed by atoms with Gasteiger partial charge in [0.2, 0.25) is 0 Å². The lowest BCUT2D eigenvalue weighted by Gasteiger charge is -2.24. The van der Waals surface area contributed by atoms with Gasteiger partial charge in [-0.1, -0.05) is 30.4 Å². The fourth-order valence-corrected chi connectivity index (χ4v) is 3.34. The van der Waals surface area contributed by atoms with Crippen LogP contribution in [0.25, 0.3) is 0 Å². The molecule has 21 heavy (non-hydrogen) atoms. The number of hydrogen-bond acceptors (Lipinski definition) is 4. The van der Waals surface area contributed by atoms with E-state index in [1.54, 1.807) is 30.3 Å². The monoisotopic (exact) mass is 321 g/mol. The largest absolute Gasteiger partial charge is 0.393 e. The van der Waals surface area contributed by atoms with Crippen molar-refractivity contribution < 1.29 is 8.42 Å². The minimum absolute atomic E-state index is 0.136. The van der Waals surface area contributed by atoms with Crippen molar-refractivity contribution in [1.82, 2.24) is 4.98 Å². The number of anilines is 1. The highest BCUT2D eigenvalue weighted by molar-refractivity contribution is 7.92. The van der Waals surface area contributed by atoms with E-state index in [0.717, 1.165) is 0 Å². The number of benzene rings is 1. The first-order valence-corrected chi connectivity index (χ1v) is 8.13. The second-order valence-electron chi connectivity index (χ2n) is 4.32. The first-order valence-electron chi connectivity index (χ1n) is 6.28. The summed E-state index contributed by atoms with van der Waals surface area (Å²) in [6, 6.07) is 11.9. The van der Waals surface area contributed by atoms with Gasteiger partial charge in [-0.25, -0.2) is 8.42 Å². The van der Waals surface area contributed by atoms with E-state index in [2.05, 4.69) is 4.98 Å². The Balaban J connectivity index is 2.42. The van der Waals surface area contributed by atoms with Gasteiger partial charge in [-0.05, 0) is 24.3 Å². The number of aromatic nitrogens is 1. The Morgan fingerprint density at radius 2 is 1.90 bits per heavy atom. The fraction of sp³-hybridized carbons (Fsp3) is 0.143. The molecule has 0 saturated carbocycles. The average Bonchev–Trinajstić information content (AvgIpc) is 2.49. The molecular weight excluding hydrogens is 306 g/mol. The van der Waals surface area contributed by atoms with Gasteiger partial charge in [0.05, 0.1) is 10.7 Å². The number of para-hydroxylation sites is 1. The SMILES string of the molecule is NC(=S)CCN(c1ccccc1)S(=O)(=O)c1cccnc1. The molecule has 0 saturated heterocycles. The molecule has 7 heteroatoms. The van der Waals surface area contributed by atoms with Crippen molar-refractivity contribution in [3.05, 3.63) is 54.9 Å². The molecule has 0 fully saturated rings. The van der Waals surface area contributed by atoms with Crippen LogP contribution < -0.4 is 10.0 Å². The summed E-state index contributed by atoms with van der Waals surface area (Å²) in [7, 11) is -3.69. The lowest BCUT2D eigenvalue weighted by Crippen LogP contribution is -2.33. The Morgan fingerprint density at radius 1 is 1.19 bits per heavy atom. The molecular formula is C14H15N3O2S2. The van der Waals surface area contributed by atoms with Crippen molar-refractivity contribution in [1.29, 1.82) is 0 Å². The van der Waals surface area contributed by atoms with Crippen LogP contribution in [0.5, 0.6) is 0 Å². The van der Waals surface area contributed by atoms with Crippen LogP contribution in [0.4, 0.5) is 5.69 Å². The van der Waals surface area contributed by atoms with Crippen molar-refractivity contribution >= 4 is 32.9 Å². The van der Waals surface area contributed by atoms with E-state index >= 15 is 0 Å². The summed E-state index contributed by atoms with van der Waals surface area (Å²) in [6.45, 7) is 0.191. The van der Waals surface area contributed by atoms with E-state index < -0.39 is 10.0 Å². The highest BCUT2D eigenvalue weighted by atomic mass is 32.2. The number of hydrogen-bond donors (Lipinski definition) is 1. The third kappa shape index (κ3) is 3.77. The van der Waals surface area contributed by atoms with Crippen molar-refractivity contribution in [2.75, 3.05) is 10.8 Å². The van der Waals surface area contributed by atoms with Gasteiger partial charge in [0.1, 0.15) is 4.90 Å². The number of rotatable bonds is 6. The smallest absolute Gasteiger partial charge is 0.265 e. The molecule has 0 aliphatic rings. The number of sulfonamides is 1. The second kappa shape index (κ2) is 6.64. The summed E-state index contributed by atoms with van der Waals surface area (Å²) in [5.41, 5.74) is 6.07. The highest BCUT2D eigenvalue weighted by Crippen LogP contribution is 2.23. The number of nitrogens with two attached hydrogens (primary N) is 1. The van der Waals surface area contributed by atoms with Gasteiger partial charge in [0.15, 0.2) is 0 Å². The molecule has 5 nitrogen and oxygen atoms in total. The van der Waals surface area contributed by atoms with E-state index in [9.17, 15) is 8.42 Å². The molecule has 2 rings (SSSR count). The second-order valence-corrected chi connectivity index (χ2v) is 6.70. The van der Waals surface area contributed by atoms with Gasteiger partial charge in [0.25, 0.3) is 10.0 Å². The van der Waals surface area contributed by atoms with Gasteiger partial charge in [-0.2, -0.15) is 0 Å². The third-order valence-corrected chi connectivity index (χ3v) is 4.84. The average molecular weight is 321 g/mol. The zero-order valence-corrected chi connectivity index (χ0v) is 12.8. The van der Waals surface area contributed by atoms with Crippen molar-refractivity contribution in [3.8, 4) is 0 Å². The minimum Gasteiger partial charge on any atom is -0.393 e. The molecule has 0 aliphatic heterocycles. The van der Waals surface area contributed by atoms with E-state index in [0.29, 0.717) is 12.1 Å². The van der Waals surface area contributed by atoms with Crippen LogP contribution in [0, 0.1) is 0 Å². The number of pyridine rings is 1. The van der Waals surface area contributed by atoms with Crippen LogP contribution in [-0.4, -0.2) is 24.9 Å². The Morgan fingerprint density at radius 3 is 2.48 bits per heavy atom. The van der Waals surface area contributed by atoms with Gasteiger partial charge >= 0.3 is 0 Å². The van der Waals surface area contributed by atoms with Gasteiger partial charge in [0, 0.05) is 25.4 Å². The number of thiocarbonyl (C=S) groups is 1. The lowest BCUT2D eigenvalue weighted by atomic mass is 10.3. The minimum atomic E-state index is -3.69. The predicted octanol–water partition coefficient (Wildman–Crippen LogP) is 1.95. The van der Waals surface area contributed by atoms with Gasteiger partial charge in [-0.15, -0.1) is 0 Å². The molecule has 110 valence electrons. The topological polar surface area (TPSA) is 76.3 Å². The maximum Gasteiger partial charge on any atom is 0.265 e. The molecule has 2 N–H and O–H groups in total. The molecule has 0 aliphatic carbocycles. The molecule has 2 aromatic rings. The Labute approximate surface area is 129 Å². The maximum absolute atomic E-state index is 12.7. The molecule has 0 unspecified atom stereocenters. The number of nitrogens with zero attached hydrogens (tertiary/aromatic N) is 2. The van der Waals surface area contributed by atoms with E-state index in [4.69, 9.17) is 18.0 Å². The summed E-state index contributed by atoms with van der Waals surface area (Å²) < 4.78 is 26.8. The van der Waals surface area contributed by atoms with Crippen LogP contribution in [0.15, 0.2) is 59.8 Å². The molecule has 0 amide bonds. The van der Waals surface area contributed by atoms with Crippen LogP contribution >= 0.6 is 12.2 Å². The molecule has 0 radical (unpaired) electrons. The lowest BCUT2D eigenvalue weighted by molar-refractivity contribution is 0.591. The maximum atomic E-state index is 12.7. The van der Waals surface area contributed by atoms with Crippen LogP contribution in [0.3, 0.4) is 0 Å². The van der Waals surface area contributed by atoms with Gasteiger partial charge < -0.3 is 5.73 Å². The standard InChI is InChI=1S/C14H15N3O2S2/c15-14(20)8-10-17(12-5-2-1-3-6-12)21(18,19)13-7-4-9-16-11-13/h1-7,9,11H,8,10H2,(H2,15,20). The Hall–Kier alpha value is -1.99. The van der Waals surface area contributed by atoms with Crippen molar-refractivity contribution in [2.45, 2.75) is 11.3 Å². The Bertz CT molecular complexity index is 704. The third-order valence-electron chi connectivity index (χ3n) is 2.83.